The second-order valence-electron chi connectivity index (χ2n) is 4.71. The summed E-state index contributed by atoms with van der Waals surface area (Å²) >= 11 is 0. The molecule has 16 heavy (non-hydrogen) atoms. The summed E-state index contributed by atoms with van der Waals surface area (Å²) in [5.74, 6) is 0. The SMILES string of the molecule is CCCNC1Cc2cccc3[nH]cc(c23)C1. The highest BCUT2D eigenvalue weighted by Crippen LogP contribution is 2.29. The molecule has 1 heterocycles. The molecule has 0 spiro atoms. The van der Waals surface area contributed by atoms with E-state index in [1.807, 2.05) is 0 Å². The van der Waals surface area contributed by atoms with Gasteiger partial charge in [0.05, 0.1) is 0 Å². The number of H-pyrrole nitrogens is 1. The molecule has 2 aromatic rings. The van der Waals surface area contributed by atoms with E-state index in [2.05, 4.69) is 41.6 Å². The molecule has 0 saturated heterocycles. The molecule has 2 N–H and O–H groups in total. The van der Waals surface area contributed by atoms with Crippen LogP contribution in [0, 0.1) is 0 Å². The second kappa shape index (κ2) is 3.95. The maximum Gasteiger partial charge on any atom is 0.0459 e. The molecule has 0 radical (unpaired) electrons. The summed E-state index contributed by atoms with van der Waals surface area (Å²) in [5, 5.41) is 5.10. The summed E-state index contributed by atoms with van der Waals surface area (Å²) in [7, 11) is 0. The van der Waals surface area contributed by atoms with Crippen LogP contribution < -0.4 is 5.32 Å². The van der Waals surface area contributed by atoms with Gasteiger partial charge in [0.1, 0.15) is 0 Å². The van der Waals surface area contributed by atoms with Gasteiger partial charge in [-0.2, -0.15) is 0 Å². The summed E-state index contributed by atoms with van der Waals surface area (Å²) in [5.41, 5.74) is 4.26. The van der Waals surface area contributed by atoms with Gasteiger partial charge >= 0.3 is 0 Å². The van der Waals surface area contributed by atoms with Crippen molar-refractivity contribution in [2.75, 3.05) is 6.54 Å². The van der Waals surface area contributed by atoms with Crippen molar-refractivity contribution < 1.29 is 0 Å². The van der Waals surface area contributed by atoms with Crippen molar-refractivity contribution in [1.29, 1.82) is 0 Å². The molecular weight excluding hydrogens is 196 g/mol. The lowest BCUT2D eigenvalue weighted by atomic mass is 9.89. The zero-order valence-corrected chi connectivity index (χ0v) is 9.72. The highest BCUT2D eigenvalue weighted by molar-refractivity contribution is 5.87. The molecule has 1 aromatic carbocycles. The Morgan fingerprint density at radius 2 is 2.19 bits per heavy atom. The van der Waals surface area contributed by atoms with E-state index in [9.17, 15) is 0 Å². The summed E-state index contributed by atoms with van der Waals surface area (Å²) < 4.78 is 0. The Balaban J connectivity index is 1.94. The molecule has 0 amide bonds. The van der Waals surface area contributed by atoms with Gasteiger partial charge in [0.15, 0.2) is 0 Å². The Labute approximate surface area is 96.1 Å². The first-order valence-electron chi connectivity index (χ1n) is 6.19. The quantitative estimate of drug-likeness (QED) is 0.807. The maximum absolute atomic E-state index is 3.63. The third-order valence-electron chi connectivity index (χ3n) is 3.49. The Morgan fingerprint density at radius 3 is 3.06 bits per heavy atom. The van der Waals surface area contributed by atoms with Crippen molar-refractivity contribution in [3.8, 4) is 0 Å². The van der Waals surface area contributed by atoms with Crippen LogP contribution in [0.1, 0.15) is 24.5 Å². The van der Waals surface area contributed by atoms with Crippen molar-refractivity contribution >= 4 is 10.9 Å². The number of benzene rings is 1. The summed E-state index contributed by atoms with van der Waals surface area (Å²) in [4.78, 5) is 3.37. The van der Waals surface area contributed by atoms with E-state index in [1.165, 1.54) is 34.9 Å². The Bertz CT molecular complexity index is 498. The lowest BCUT2D eigenvalue weighted by molar-refractivity contribution is 0.501. The Morgan fingerprint density at radius 1 is 1.31 bits per heavy atom. The average molecular weight is 214 g/mol. The van der Waals surface area contributed by atoms with Crippen molar-refractivity contribution in [2.24, 2.45) is 0 Å². The smallest absolute Gasteiger partial charge is 0.0459 e. The minimum Gasteiger partial charge on any atom is -0.361 e. The van der Waals surface area contributed by atoms with Gasteiger partial charge in [0.2, 0.25) is 0 Å². The third kappa shape index (κ3) is 1.54. The van der Waals surface area contributed by atoms with Crippen LogP contribution in [0.15, 0.2) is 24.4 Å². The zero-order chi connectivity index (χ0) is 11.0. The van der Waals surface area contributed by atoms with Gasteiger partial charge in [0.25, 0.3) is 0 Å². The number of nitrogens with one attached hydrogen (secondary N) is 2. The summed E-state index contributed by atoms with van der Waals surface area (Å²) in [6.45, 7) is 3.35. The number of aromatic nitrogens is 1. The third-order valence-corrected chi connectivity index (χ3v) is 3.49. The fraction of sp³-hybridized carbons (Fsp3) is 0.429. The van der Waals surface area contributed by atoms with Crippen molar-refractivity contribution in [3.63, 3.8) is 0 Å². The first-order valence-corrected chi connectivity index (χ1v) is 6.19. The Kier molecular flexibility index (Phi) is 2.44. The minimum absolute atomic E-state index is 0.619. The number of hydrogen-bond acceptors (Lipinski definition) is 1. The second-order valence-corrected chi connectivity index (χ2v) is 4.71. The first-order chi connectivity index (χ1) is 7.88. The first kappa shape index (κ1) is 9.91. The number of aromatic amines is 1. The van der Waals surface area contributed by atoms with Crippen LogP contribution in [-0.4, -0.2) is 17.6 Å². The fourth-order valence-corrected chi connectivity index (χ4v) is 2.76. The van der Waals surface area contributed by atoms with Crippen LogP contribution in [0.2, 0.25) is 0 Å². The minimum atomic E-state index is 0.619. The molecular formula is C14H18N2. The maximum atomic E-state index is 3.63. The molecule has 0 saturated carbocycles. The largest absolute Gasteiger partial charge is 0.361 e. The van der Waals surface area contributed by atoms with Crippen molar-refractivity contribution in [3.05, 3.63) is 35.5 Å². The van der Waals surface area contributed by atoms with Crippen LogP contribution in [0.25, 0.3) is 10.9 Å². The van der Waals surface area contributed by atoms with E-state index in [1.54, 1.807) is 0 Å². The predicted octanol–water partition coefficient (Wildman–Crippen LogP) is 2.63. The average Bonchev–Trinajstić information content (AvgIpc) is 2.72. The van der Waals surface area contributed by atoms with Crippen LogP contribution in [0.3, 0.4) is 0 Å². The van der Waals surface area contributed by atoms with Gasteiger partial charge in [-0.25, -0.2) is 0 Å². The molecule has 1 unspecified atom stereocenters. The molecule has 1 aromatic heterocycles. The predicted molar refractivity (Wildman–Crippen MR) is 67.8 cm³/mol. The molecule has 84 valence electrons. The molecule has 2 heteroatoms. The van der Waals surface area contributed by atoms with Gasteiger partial charge in [-0.1, -0.05) is 19.1 Å². The molecule has 0 bridgehead atoms. The highest BCUT2D eigenvalue weighted by atomic mass is 14.9. The monoisotopic (exact) mass is 214 g/mol. The van der Waals surface area contributed by atoms with Gasteiger partial charge in [-0.15, -0.1) is 0 Å². The lowest BCUT2D eigenvalue weighted by Gasteiger charge is -2.23. The molecule has 0 aliphatic heterocycles. The normalized spacial score (nSPS) is 19.2. The molecule has 1 aliphatic rings. The van der Waals surface area contributed by atoms with Gasteiger partial charge in [-0.3, -0.25) is 0 Å². The van der Waals surface area contributed by atoms with Gasteiger partial charge in [0, 0.05) is 23.1 Å². The van der Waals surface area contributed by atoms with E-state index >= 15 is 0 Å². The fourth-order valence-electron chi connectivity index (χ4n) is 2.76. The lowest BCUT2D eigenvalue weighted by Crippen LogP contribution is -2.35. The molecule has 1 aliphatic carbocycles. The van der Waals surface area contributed by atoms with Crippen LogP contribution in [-0.2, 0) is 12.8 Å². The Hall–Kier alpha value is -1.28. The number of hydrogen-bond donors (Lipinski definition) is 2. The van der Waals surface area contributed by atoms with E-state index in [-0.39, 0.29) is 0 Å². The topological polar surface area (TPSA) is 27.8 Å². The highest BCUT2D eigenvalue weighted by Gasteiger charge is 2.20. The van der Waals surface area contributed by atoms with E-state index in [0.29, 0.717) is 6.04 Å². The van der Waals surface area contributed by atoms with E-state index in [0.717, 1.165) is 13.0 Å². The van der Waals surface area contributed by atoms with Gasteiger partial charge in [-0.05, 0) is 43.0 Å². The molecule has 0 fully saturated rings. The van der Waals surface area contributed by atoms with Gasteiger partial charge < -0.3 is 10.3 Å². The zero-order valence-electron chi connectivity index (χ0n) is 9.72. The standard InChI is InChI=1S/C14H18N2/c1-2-6-15-12-7-10-4-3-5-13-14(10)11(8-12)9-16-13/h3-5,9,12,15-16H,2,6-8H2,1H3. The number of rotatable bonds is 3. The van der Waals surface area contributed by atoms with E-state index < -0.39 is 0 Å². The van der Waals surface area contributed by atoms with Crippen LogP contribution in [0.4, 0.5) is 0 Å². The summed E-state index contributed by atoms with van der Waals surface area (Å²) in [6.07, 6.45) is 5.72. The van der Waals surface area contributed by atoms with Crippen LogP contribution >= 0.6 is 0 Å². The molecule has 1 atom stereocenters. The van der Waals surface area contributed by atoms with Crippen LogP contribution in [0.5, 0.6) is 0 Å². The van der Waals surface area contributed by atoms with Crippen molar-refractivity contribution in [2.45, 2.75) is 32.2 Å². The molecule has 3 rings (SSSR count). The molecule has 2 nitrogen and oxygen atoms in total. The van der Waals surface area contributed by atoms with E-state index in [4.69, 9.17) is 0 Å². The summed E-state index contributed by atoms with van der Waals surface area (Å²) in [6, 6.07) is 7.20. The van der Waals surface area contributed by atoms with Crippen molar-refractivity contribution in [1.82, 2.24) is 10.3 Å².